The lowest BCUT2D eigenvalue weighted by Crippen LogP contribution is -2.31. The van der Waals surface area contributed by atoms with Gasteiger partial charge in [0.05, 0.1) is 12.8 Å². The van der Waals surface area contributed by atoms with Crippen molar-refractivity contribution in [1.82, 2.24) is 19.5 Å². The molecule has 6 heteroatoms. The van der Waals surface area contributed by atoms with E-state index in [1.807, 2.05) is 31.2 Å². The summed E-state index contributed by atoms with van der Waals surface area (Å²) in [6.07, 6.45) is 6.83. The van der Waals surface area contributed by atoms with Crippen LogP contribution >= 0.6 is 0 Å². The standard InChI is InChI=1S/C19H24N4O2/c1-15-6-7-17(25-15)16-14-20-18-8-9-19(21-23(16)18)24-13-5-12-22-10-3-2-4-11-22/h6-9,14H,2-5,10-13H2,1H3. The van der Waals surface area contributed by atoms with Gasteiger partial charge in [-0.1, -0.05) is 6.42 Å². The Morgan fingerprint density at radius 3 is 2.80 bits per heavy atom. The molecule has 0 amide bonds. The molecule has 3 aromatic heterocycles. The Morgan fingerprint density at radius 1 is 1.12 bits per heavy atom. The number of aromatic nitrogens is 3. The van der Waals surface area contributed by atoms with Gasteiger partial charge in [-0.3, -0.25) is 0 Å². The third kappa shape index (κ3) is 3.69. The maximum absolute atomic E-state index is 5.85. The molecule has 0 radical (unpaired) electrons. The average molecular weight is 340 g/mol. The third-order valence-electron chi connectivity index (χ3n) is 4.65. The van der Waals surface area contributed by atoms with Gasteiger partial charge in [0, 0.05) is 12.6 Å². The first-order valence-electron chi connectivity index (χ1n) is 9.06. The van der Waals surface area contributed by atoms with Crippen molar-refractivity contribution in [2.24, 2.45) is 0 Å². The van der Waals surface area contributed by atoms with E-state index in [1.165, 1.54) is 32.4 Å². The normalized spacial score (nSPS) is 15.7. The average Bonchev–Trinajstić information content (AvgIpc) is 3.25. The minimum absolute atomic E-state index is 0.619. The molecule has 0 N–H and O–H groups in total. The van der Waals surface area contributed by atoms with Gasteiger partial charge in [-0.2, -0.15) is 0 Å². The second-order valence-electron chi connectivity index (χ2n) is 6.60. The van der Waals surface area contributed by atoms with E-state index in [4.69, 9.17) is 9.15 Å². The highest BCUT2D eigenvalue weighted by Crippen LogP contribution is 2.23. The Morgan fingerprint density at radius 2 is 2.00 bits per heavy atom. The summed E-state index contributed by atoms with van der Waals surface area (Å²) in [6, 6.07) is 7.68. The fourth-order valence-corrected chi connectivity index (χ4v) is 3.32. The van der Waals surface area contributed by atoms with Crippen LogP contribution in [0.3, 0.4) is 0 Å². The molecule has 1 fully saturated rings. The van der Waals surface area contributed by atoms with E-state index >= 15 is 0 Å². The lowest BCUT2D eigenvalue weighted by atomic mass is 10.1. The molecule has 0 aromatic carbocycles. The van der Waals surface area contributed by atoms with Gasteiger partial charge in [-0.05, 0) is 57.5 Å². The fourth-order valence-electron chi connectivity index (χ4n) is 3.32. The molecule has 1 aliphatic heterocycles. The number of hydrogen-bond donors (Lipinski definition) is 0. The molecule has 25 heavy (non-hydrogen) atoms. The minimum Gasteiger partial charge on any atom is -0.477 e. The number of hydrogen-bond acceptors (Lipinski definition) is 5. The van der Waals surface area contributed by atoms with Gasteiger partial charge in [0.25, 0.3) is 0 Å². The Kier molecular flexibility index (Phi) is 4.70. The van der Waals surface area contributed by atoms with Gasteiger partial charge >= 0.3 is 0 Å². The van der Waals surface area contributed by atoms with E-state index in [2.05, 4.69) is 15.0 Å². The molecule has 6 nitrogen and oxygen atoms in total. The van der Waals surface area contributed by atoms with Crippen LogP contribution in [-0.4, -0.2) is 45.7 Å². The Labute approximate surface area is 147 Å². The van der Waals surface area contributed by atoms with Gasteiger partial charge in [-0.15, -0.1) is 5.10 Å². The quantitative estimate of drug-likeness (QED) is 0.642. The molecule has 0 atom stereocenters. The van der Waals surface area contributed by atoms with Crippen molar-refractivity contribution in [2.75, 3.05) is 26.2 Å². The van der Waals surface area contributed by atoms with Gasteiger partial charge in [-0.25, -0.2) is 9.50 Å². The number of ether oxygens (including phenoxy) is 1. The maximum Gasteiger partial charge on any atom is 0.231 e. The largest absolute Gasteiger partial charge is 0.477 e. The van der Waals surface area contributed by atoms with Crippen molar-refractivity contribution in [2.45, 2.75) is 32.6 Å². The van der Waals surface area contributed by atoms with E-state index in [9.17, 15) is 0 Å². The summed E-state index contributed by atoms with van der Waals surface area (Å²) in [7, 11) is 0. The van der Waals surface area contributed by atoms with Crippen LogP contribution in [0.15, 0.2) is 34.9 Å². The summed E-state index contributed by atoms with van der Waals surface area (Å²) in [6.45, 7) is 6.16. The summed E-state index contributed by atoms with van der Waals surface area (Å²) >= 11 is 0. The molecule has 132 valence electrons. The lowest BCUT2D eigenvalue weighted by molar-refractivity contribution is 0.202. The highest BCUT2D eigenvalue weighted by Gasteiger charge is 2.12. The molecular formula is C19H24N4O2. The molecule has 1 aliphatic rings. The van der Waals surface area contributed by atoms with E-state index in [0.717, 1.165) is 35.8 Å². The summed E-state index contributed by atoms with van der Waals surface area (Å²) < 4.78 is 13.3. The second-order valence-corrected chi connectivity index (χ2v) is 6.60. The second kappa shape index (κ2) is 7.27. The molecule has 0 saturated carbocycles. The molecule has 0 bridgehead atoms. The van der Waals surface area contributed by atoms with Crippen LogP contribution in [0, 0.1) is 6.92 Å². The number of imidazole rings is 1. The molecule has 0 unspecified atom stereocenters. The highest BCUT2D eigenvalue weighted by atomic mass is 16.5. The number of piperidine rings is 1. The lowest BCUT2D eigenvalue weighted by Gasteiger charge is -2.26. The first-order chi connectivity index (χ1) is 12.3. The first kappa shape index (κ1) is 16.1. The van der Waals surface area contributed by atoms with Crippen molar-refractivity contribution < 1.29 is 9.15 Å². The van der Waals surface area contributed by atoms with E-state index in [-0.39, 0.29) is 0 Å². The molecule has 1 saturated heterocycles. The van der Waals surface area contributed by atoms with Crippen LogP contribution in [0.1, 0.15) is 31.4 Å². The number of rotatable bonds is 6. The zero-order valence-electron chi connectivity index (χ0n) is 14.6. The summed E-state index contributed by atoms with van der Waals surface area (Å²) in [5, 5.41) is 4.56. The van der Waals surface area contributed by atoms with Crippen LogP contribution in [0.2, 0.25) is 0 Å². The predicted octanol–water partition coefficient (Wildman–Crippen LogP) is 3.55. The Hall–Kier alpha value is -2.34. The monoisotopic (exact) mass is 340 g/mol. The van der Waals surface area contributed by atoms with Crippen molar-refractivity contribution in [1.29, 1.82) is 0 Å². The van der Waals surface area contributed by atoms with Gasteiger partial charge < -0.3 is 14.1 Å². The summed E-state index contributed by atoms with van der Waals surface area (Å²) in [5.41, 5.74) is 1.62. The first-order valence-corrected chi connectivity index (χ1v) is 9.06. The fraction of sp³-hybridized carbons (Fsp3) is 0.474. The Balaban J connectivity index is 1.40. The highest BCUT2D eigenvalue weighted by molar-refractivity contribution is 5.58. The van der Waals surface area contributed by atoms with Crippen molar-refractivity contribution in [3.05, 3.63) is 36.2 Å². The number of furan rings is 1. The number of fused-ring (bicyclic) bond motifs is 1. The third-order valence-corrected chi connectivity index (χ3v) is 4.65. The van der Waals surface area contributed by atoms with Crippen LogP contribution in [-0.2, 0) is 0 Å². The SMILES string of the molecule is Cc1ccc(-c2cnc3ccc(OCCCN4CCCCC4)nn23)o1. The smallest absolute Gasteiger partial charge is 0.231 e. The summed E-state index contributed by atoms with van der Waals surface area (Å²) in [5.74, 6) is 2.25. The molecule has 4 rings (SSSR count). The Bertz CT molecular complexity index is 833. The van der Waals surface area contributed by atoms with Crippen molar-refractivity contribution in [3.8, 4) is 17.3 Å². The predicted molar refractivity (Wildman–Crippen MR) is 95.8 cm³/mol. The summed E-state index contributed by atoms with van der Waals surface area (Å²) in [4.78, 5) is 6.91. The topological polar surface area (TPSA) is 55.8 Å². The maximum atomic E-state index is 5.85. The number of nitrogens with zero attached hydrogens (tertiary/aromatic N) is 4. The number of aryl methyl sites for hydroxylation is 1. The number of likely N-dealkylation sites (tertiary alicyclic amines) is 1. The van der Waals surface area contributed by atoms with E-state index < -0.39 is 0 Å². The van der Waals surface area contributed by atoms with Crippen molar-refractivity contribution in [3.63, 3.8) is 0 Å². The van der Waals surface area contributed by atoms with Gasteiger partial charge in [0.1, 0.15) is 11.5 Å². The van der Waals surface area contributed by atoms with E-state index in [0.29, 0.717) is 12.5 Å². The van der Waals surface area contributed by atoms with Crippen molar-refractivity contribution >= 4 is 5.65 Å². The van der Waals surface area contributed by atoms with Gasteiger partial charge in [0.2, 0.25) is 5.88 Å². The minimum atomic E-state index is 0.619. The molecule has 0 aliphatic carbocycles. The van der Waals surface area contributed by atoms with Crippen LogP contribution in [0.4, 0.5) is 0 Å². The van der Waals surface area contributed by atoms with Gasteiger partial charge in [0.15, 0.2) is 11.4 Å². The molecule has 0 spiro atoms. The van der Waals surface area contributed by atoms with Crippen LogP contribution in [0.25, 0.3) is 17.1 Å². The van der Waals surface area contributed by atoms with Crippen LogP contribution in [0.5, 0.6) is 5.88 Å². The van der Waals surface area contributed by atoms with E-state index in [1.54, 1.807) is 10.7 Å². The molecule has 4 heterocycles. The molecule has 3 aromatic rings. The zero-order valence-corrected chi connectivity index (χ0v) is 14.6. The molecular weight excluding hydrogens is 316 g/mol. The zero-order chi connectivity index (χ0) is 17.1. The van der Waals surface area contributed by atoms with Crippen LogP contribution < -0.4 is 4.74 Å².